The van der Waals surface area contributed by atoms with Gasteiger partial charge in [0.2, 0.25) is 0 Å². The Labute approximate surface area is 172 Å². The van der Waals surface area contributed by atoms with Crippen molar-refractivity contribution in [1.82, 2.24) is 14.7 Å². The van der Waals surface area contributed by atoms with Gasteiger partial charge in [-0.25, -0.2) is 4.68 Å². The van der Waals surface area contributed by atoms with Crippen LogP contribution in [0.4, 0.5) is 0 Å². The summed E-state index contributed by atoms with van der Waals surface area (Å²) in [5.41, 5.74) is 4.56. The Morgan fingerprint density at radius 3 is 2.38 bits per heavy atom. The Kier molecular flexibility index (Phi) is 5.76. The monoisotopic (exact) mass is 389 g/mol. The second-order valence-corrected chi connectivity index (χ2v) is 7.83. The number of carbonyl (C=O) groups is 1. The number of quaternary nitrogens is 1. The van der Waals surface area contributed by atoms with Gasteiger partial charge in [0.15, 0.2) is 0 Å². The van der Waals surface area contributed by atoms with Crippen LogP contribution in [0.5, 0.6) is 0 Å². The van der Waals surface area contributed by atoms with Crippen LogP contribution in [0.1, 0.15) is 29.3 Å². The SMILES string of the molecule is CCC[NH+]1CCN(C(=O)c2cn(-c3ccc(C)cc3)nc2-c2ccccc2)CC1. The Balaban J connectivity index is 1.66. The van der Waals surface area contributed by atoms with Crippen molar-refractivity contribution in [3.05, 3.63) is 71.9 Å². The van der Waals surface area contributed by atoms with Crippen molar-refractivity contribution >= 4 is 5.91 Å². The minimum absolute atomic E-state index is 0.0813. The highest BCUT2D eigenvalue weighted by atomic mass is 16.2. The van der Waals surface area contributed by atoms with Gasteiger partial charge in [0.25, 0.3) is 5.91 Å². The first-order chi connectivity index (χ1) is 14.2. The van der Waals surface area contributed by atoms with Crippen LogP contribution in [0, 0.1) is 6.92 Å². The van der Waals surface area contributed by atoms with Gasteiger partial charge in [-0.3, -0.25) is 4.79 Å². The van der Waals surface area contributed by atoms with Gasteiger partial charge in [0.1, 0.15) is 5.69 Å². The standard InChI is InChI=1S/C24H28N4O/c1-3-13-26-14-16-27(17-15-26)24(29)22-18-28(21-11-9-19(2)10-12-21)25-23(22)20-7-5-4-6-8-20/h4-12,18H,3,13-17H2,1-2H3/p+1. The molecule has 3 aromatic rings. The van der Waals surface area contributed by atoms with E-state index in [1.54, 1.807) is 4.90 Å². The van der Waals surface area contributed by atoms with Crippen LogP contribution in [0.2, 0.25) is 0 Å². The average molecular weight is 390 g/mol. The summed E-state index contributed by atoms with van der Waals surface area (Å²) in [5, 5.41) is 4.80. The number of hydrogen-bond acceptors (Lipinski definition) is 2. The molecule has 0 atom stereocenters. The summed E-state index contributed by atoms with van der Waals surface area (Å²) in [4.78, 5) is 17.0. The molecule has 0 spiro atoms. The Hall–Kier alpha value is -2.92. The van der Waals surface area contributed by atoms with E-state index in [1.807, 2.05) is 58.2 Å². The Morgan fingerprint density at radius 2 is 1.72 bits per heavy atom. The molecule has 4 rings (SSSR count). The van der Waals surface area contributed by atoms with Gasteiger partial charge in [-0.05, 0) is 25.5 Å². The van der Waals surface area contributed by atoms with Gasteiger partial charge < -0.3 is 9.80 Å². The zero-order valence-electron chi connectivity index (χ0n) is 17.3. The van der Waals surface area contributed by atoms with Crippen molar-refractivity contribution in [1.29, 1.82) is 0 Å². The molecule has 2 heterocycles. The van der Waals surface area contributed by atoms with Crippen molar-refractivity contribution in [2.75, 3.05) is 32.7 Å². The third-order valence-corrected chi connectivity index (χ3v) is 5.65. The second-order valence-electron chi connectivity index (χ2n) is 7.83. The van der Waals surface area contributed by atoms with Gasteiger partial charge in [0, 0.05) is 11.8 Å². The quantitative estimate of drug-likeness (QED) is 0.729. The smallest absolute Gasteiger partial charge is 0.258 e. The largest absolute Gasteiger partial charge is 0.332 e. The first-order valence-corrected chi connectivity index (χ1v) is 10.5. The minimum atomic E-state index is 0.0813. The fourth-order valence-electron chi connectivity index (χ4n) is 3.97. The van der Waals surface area contributed by atoms with Gasteiger partial charge in [-0.2, -0.15) is 5.10 Å². The van der Waals surface area contributed by atoms with Crippen LogP contribution in [-0.2, 0) is 0 Å². The van der Waals surface area contributed by atoms with Crippen molar-refractivity contribution in [2.24, 2.45) is 0 Å². The van der Waals surface area contributed by atoms with Crippen LogP contribution in [0.15, 0.2) is 60.8 Å². The van der Waals surface area contributed by atoms with E-state index < -0.39 is 0 Å². The number of hydrogen-bond donors (Lipinski definition) is 1. The lowest BCUT2D eigenvalue weighted by Crippen LogP contribution is -3.14. The van der Waals surface area contributed by atoms with Gasteiger partial charge in [-0.1, -0.05) is 55.0 Å². The molecular formula is C24H29N4O+. The van der Waals surface area contributed by atoms with Crippen molar-refractivity contribution in [3.8, 4) is 16.9 Å². The van der Waals surface area contributed by atoms with E-state index in [-0.39, 0.29) is 5.91 Å². The summed E-state index contributed by atoms with van der Waals surface area (Å²) >= 11 is 0. The number of piperazine rings is 1. The minimum Gasteiger partial charge on any atom is -0.332 e. The van der Waals surface area contributed by atoms with Gasteiger partial charge in [-0.15, -0.1) is 0 Å². The molecule has 1 fully saturated rings. The number of aryl methyl sites for hydroxylation is 1. The zero-order valence-corrected chi connectivity index (χ0v) is 17.3. The van der Waals surface area contributed by atoms with Gasteiger partial charge in [0.05, 0.1) is 44.0 Å². The van der Waals surface area contributed by atoms with Gasteiger partial charge >= 0.3 is 0 Å². The summed E-state index contributed by atoms with van der Waals surface area (Å²) in [7, 11) is 0. The number of carbonyl (C=O) groups excluding carboxylic acids is 1. The highest BCUT2D eigenvalue weighted by Gasteiger charge is 2.27. The maximum absolute atomic E-state index is 13.4. The number of benzene rings is 2. The lowest BCUT2D eigenvalue weighted by molar-refractivity contribution is -0.904. The summed E-state index contributed by atoms with van der Waals surface area (Å²) in [5.74, 6) is 0.0813. The molecule has 5 nitrogen and oxygen atoms in total. The van der Waals surface area contributed by atoms with E-state index >= 15 is 0 Å². The number of rotatable bonds is 5. The molecule has 1 aliphatic rings. The van der Waals surface area contributed by atoms with Crippen molar-refractivity contribution < 1.29 is 9.69 Å². The fraction of sp³-hybridized carbons (Fsp3) is 0.333. The van der Waals surface area contributed by atoms with Crippen LogP contribution in [-0.4, -0.2) is 53.3 Å². The van der Waals surface area contributed by atoms with Crippen LogP contribution in [0.25, 0.3) is 16.9 Å². The van der Waals surface area contributed by atoms with E-state index in [2.05, 4.69) is 26.0 Å². The highest BCUT2D eigenvalue weighted by molar-refractivity contribution is 6.00. The molecule has 1 aliphatic heterocycles. The zero-order chi connectivity index (χ0) is 20.2. The van der Waals surface area contributed by atoms with Crippen molar-refractivity contribution in [2.45, 2.75) is 20.3 Å². The molecule has 0 saturated carbocycles. The highest BCUT2D eigenvalue weighted by Crippen LogP contribution is 2.25. The van der Waals surface area contributed by atoms with E-state index in [0.717, 1.165) is 43.1 Å². The molecule has 1 saturated heterocycles. The molecule has 29 heavy (non-hydrogen) atoms. The maximum Gasteiger partial charge on any atom is 0.258 e. The molecule has 0 radical (unpaired) electrons. The molecule has 1 N–H and O–H groups in total. The Bertz CT molecular complexity index is 954. The molecule has 2 aromatic carbocycles. The summed E-state index contributed by atoms with van der Waals surface area (Å²) in [6, 6.07) is 18.2. The van der Waals surface area contributed by atoms with E-state index in [1.165, 1.54) is 18.5 Å². The molecule has 0 bridgehead atoms. The lowest BCUT2D eigenvalue weighted by atomic mass is 10.1. The predicted octanol–water partition coefficient (Wildman–Crippen LogP) is 2.60. The van der Waals surface area contributed by atoms with Crippen molar-refractivity contribution in [3.63, 3.8) is 0 Å². The normalized spacial score (nSPS) is 14.9. The summed E-state index contributed by atoms with van der Waals surface area (Å²) in [6.07, 6.45) is 3.07. The predicted molar refractivity (Wildman–Crippen MR) is 115 cm³/mol. The second kappa shape index (κ2) is 8.62. The fourth-order valence-corrected chi connectivity index (χ4v) is 3.97. The molecule has 0 unspecified atom stereocenters. The number of aromatic nitrogens is 2. The van der Waals surface area contributed by atoms with E-state index in [9.17, 15) is 4.79 Å². The number of amides is 1. The topological polar surface area (TPSA) is 42.6 Å². The third kappa shape index (κ3) is 4.25. The van der Waals surface area contributed by atoms with E-state index in [0.29, 0.717) is 5.56 Å². The maximum atomic E-state index is 13.4. The lowest BCUT2D eigenvalue weighted by Gasteiger charge is -2.32. The molecule has 1 aromatic heterocycles. The van der Waals surface area contributed by atoms with Crippen LogP contribution < -0.4 is 4.90 Å². The summed E-state index contributed by atoms with van der Waals surface area (Å²) < 4.78 is 1.83. The number of nitrogens with zero attached hydrogens (tertiary/aromatic N) is 3. The number of nitrogens with one attached hydrogen (secondary N) is 1. The first-order valence-electron chi connectivity index (χ1n) is 10.5. The first kappa shape index (κ1) is 19.4. The van der Waals surface area contributed by atoms with Crippen LogP contribution in [0.3, 0.4) is 0 Å². The molecule has 150 valence electrons. The Morgan fingerprint density at radius 1 is 1.03 bits per heavy atom. The third-order valence-electron chi connectivity index (χ3n) is 5.65. The summed E-state index contributed by atoms with van der Waals surface area (Å²) in [6.45, 7) is 9.12. The molecular weight excluding hydrogens is 360 g/mol. The molecule has 5 heteroatoms. The van der Waals surface area contributed by atoms with E-state index in [4.69, 9.17) is 5.10 Å². The molecule has 1 amide bonds. The van der Waals surface area contributed by atoms with Crippen LogP contribution >= 0.6 is 0 Å². The average Bonchev–Trinajstić information content (AvgIpc) is 3.21. The molecule has 0 aliphatic carbocycles.